The zero-order valence-electron chi connectivity index (χ0n) is 56.3. The summed E-state index contributed by atoms with van der Waals surface area (Å²) in [5, 5.41) is 10.7. The first kappa shape index (κ1) is 86.8. The number of benzene rings is 3. The van der Waals surface area contributed by atoms with Gasteiger partial charge in [-0.25, -0.2) is 35.1 Å². The van der Waals surface area contributed by atoms with Crippen molar-refractivity contribution < 1.29 is 109 Å². The van der Waals surface area contributed by atoms with E-state index in [2.05, 4.69) is 71.1 Å². The van der Waals surface area contributed by atoms with Crippen molar-refractivity contribution >= 4 is 19.9 Å². The van der Waals surface area contributed by atoms with Gasteiger partial charge in [-0.05, 0) is 119 Å². The van der Waals surface area contributed by atoms with Crippen molar-refractivity contribution in [2.75, 3.05) is 33.3 Å². The minimum Gasteiger partial charge on any atom is -1.00 e. The van der Waals surface area contributed by atoms with Crippen LogP contribution in [0.15, 0.2) is 96.0 Å². The Bertz CT molecular complexity index is 2600. The molecule has 0 aliphatic carbocycles. The smallest absolute Gasteiger partial charge is 1.00 e. The number of nitrogens with two attached hydrogens (primary N) is 2. The van der Waals surface area contributed by atoms with Crippen LogP contribution in [0, 0.1) is 7.43 Å². The molecule has 0 spiro atoms. The molecule has 3 aromatic carbocycles. The van der Waals surface area contributed by atoms with Crippen LogP contribution < -0.4 is 46.3 Å². The number of aliphatic imine (C=N–C) groups is 1. The number of aliphatic hydroxyl groups excluding tert-OH is 1. The first-order valence-electron chi connectivity index (χ1n) is 30.0. The summed E-state index contributed by atoms with van der Waals surface area (Å²) in [6, 6.07) is 31.1. The van der Waals surface area contributed by atoms with Gasteiger partial charge in [-0.3, -0.25) is 29.4 Å². The molecule has 11 rings (SSSR count). The molecule has 8 aliphatic heterocycles. The fraction of sp³-hybridized carbons (Fsp3) is 0.682. The number of halogens is 8. The minimum absolute atomic E-state index is 0. The molecular formula is C66H108BF8N8NaO4Pd-. The second-order valence-corrected chi connectivity index (χ2v) is 27.5. The van der Waals surface area contributed by atoms with Crippen molar-refractivity contribution in [3.63, 3.8) is 0 Å². The number of hydrogen-bond acceptors (Lipinski definition) is 10. The molecular weight excluding hydrogens is 1260 g/mol. The zero-order valence-corrected chi connectivity index (χ0v) is 58.9. The van der Waals surface area contributed by atoms with Gasteiger partial charge in [0.2, 0.25) is 0 Å². The van der Waals surface area contributed by atoms with Gasteiger partial charge in [0.25, 0.3) is 23.7 Å². The van der Waals surface area contributed by atoms with Crippen LogP contribution in [0.1, 0.15) is 191 Å². The van der Waals surface area contributed by atoms with Crippen molar-refractivity contribution in [3.8, 4) is 0 Å². The summed E-state index contributed by atoms with van der Waals surface area (Å²) in [6.45, 7) is 21.8. The van der Waals surface area contributed by atoms with Gasteiger partial charge in [-0.15, -0.1) is 0 Å². The van der Waals surface area contributed by atoms with Crippen LogP contribution >= 0.6 is 0 Å². The summed E-state index contributed by atoms with van der Waals surface area (Å²) in [4.78, 5) is 24.0. The van der Waals surface area contributed by atoms with Gasteiger partial charge in [-0.1, -0.05) is 91.0 Å². The number of carbonyl (C=O) groups excluding carboxylic acids is 1. The molecule has 0 aromatic heterocycles. The van der Waals surface area contributed by atoms with E-state index in [9.17, 15) is 39.9 Å². The molecule has 2 unspecified atom stereocenters. The van der Waals surface area contributed by atoms with E-state index < -0.39 is 23.7 Å². The quantitative estimate of drug-likeness (QED) is 0.106. The Morgan fingerprint density at radius 1 is 0.551 bits per heavy atom. The maximum absolute atomic E-state index is 13.8. The third-order valence-corrected chi connectivity index (χ3v) is 18.2. The number of aliphatic hydroxyl groups is 1. The number of piperidine rings is 4. The molecule has 507 valence electrons. The van der Waals surface area contributed by atoms with Gasteiger partial charge in [0.15, 0.2) is 0 Å². The molecule has 0 amide bonds. The van der Waals surface area contributed by atoms with E-state index in [1.54, 1.807) is 4.90 Å². The number of ketones is 1. The predicted octanol–water partition coefficient (Wildman–Crippen LogP) is 8.99. The van der Waals surface area contributed by atoms with Crippen LogP contribution in [0.2, 0.25) is 0 Å². The van der Waals surface area contributed by atoms with E-state index in [1.165, 1.54) is 16.7 Å². The maximum atomic E-state index is 13.8. The Morgan fingerprint density at radius 2 is 0.899 bits per heavy atom. The summed E-state index contributed by atoms with van der Waals surface area (Å²) in [5.74, 6) is -10.1. The first-order valence-corrected chi connectivity index (χ1v) is 30.0. The average Bonchev–Trinajstić information content (AvgIpc) is 1.83. The number of rotatable bonds is 6. The SMILES string of the molecule is CC1(C)CC(=O)C[C@@H]2CC(F)(F)CN21.CC1(C)CC(N)C[C@@H]2CC(F)(F)CN21.CO.C[C@H](N)c1ccccc1.C[C@H](N=C1C[C@@H]2CC(F)(F)CN2C(C)(C)C1)c1ccccc1.C[C@H](NC1C[C@@H]2CC(F)(F)CN2C(C)(C)C1)c1ccccc1.O.O.[B].[CH3-].[H-].[HH].[Na+].[Pd]. The molecule has 89 heavy (non-hydrogen) atoms. The van der Waals surface area contributed by atoms with Crippen LogP contribution in [-0.4, -0.2) is 171 Å². The number of carbonyl (C=O) groups is 1. The second kappa shape index (κ2) is 35.0. The number of alkyl halides is 8. The van der Waals surface area contributed by atoms with Gasteiger partial charge in [0.1, 0.15) is 5.78 Å². The van der Waals surface area contributed by atoms with E-state index in [0.29, 0.717) is 25.3 Å². The van der Waals surface area contributed by atoms with Crippen LogP contribution in [-0.2, 0) is 25.2 Å². The molecule has 8 saturated heterocycles. The average molecular weight is 1370 g/mol. The van der Waals surface area contributed by atoms with E-state index in [0.717, 1.165) is 44.9 Å². The molecule has 10 N–H and O–H groups in total. The number of fused-ring (bicyclic) bond motifs is 4. The van der Waals surface area contributed by atoms with Gasteiger partial charge < -0.3 is 41.7 Å². The standard InChI is InChI=1S/C18H26F2N2.C18H24F2N2.C10H18F2N2.C10H15F2NO.C8H11N.CH4O.CH3.B.Na.2H2O.Pd.H2.H/c2*1-13(14-7-5-4-6-8-14)21-15-9-16-11-18(19,20)12-22(16)17(2,3)10-15;1-9(2)4-7(13)3-8-5-10(11,12)6-14(8)9;1-9(2)5-8(14)3-7-4-10(11,12)6-13(7)9;1-7(9)8-5-3-2-4-6-8;1-2;;;;;;;;/h4-8,13,15-16,21H,9-12H2,1-3H3;4-8,13,16H,9-12H2,1-3H3;7-8H,3-6,13H2,1-2H3;7H,3-6H2,1-2H3;2-7H,9H2,1H3;2H,1H3;1H3;;;2*1H2;;1H;/q;;;;;;-1;;+1;;;;;-1/t13-,15?,16+;13-,16+;7?,8-;2*7-;;;;;;;;;/m00110........./s1. The van der Waals surface area contributed by atoms with Gasteiger partial charge in [0.05, 0.1) is 32.2 Å². The summed E-state index contributed by atoms with van der Waals surface area (Å²) in [7, 11) is 1.00. The molecule has 23 heteroatoms. The number of Topliss-reactive ketones (excluding diaryl/α,β-unsaturated/α-hetero) is 1. The largest absolute Gasteiger partial charge is 1.00 e. The minimum atomic E-state index is -2.60. The van der Waals surface area contributed by atoms with Crippen molar-refractivity contribution in [2.24, 2.45) is 16.5 Å². The Morgan fingerprint density at radius 3 is 1.31 bits per heavy atom. The zero-order chi connectivity index (χ0) is 61.7. The van der Waals surface area contributed by atoms with E-state index in [4.69, 9.17) is 21.6 Å². The summed E-state index contributed by atoms with van der Waals surface area (Å²) < 4.78 is 108. The van der Waals surface area contributed by atoms with E-state index in [-0.39, 0.29) is 208 Å². The van der Waals surface area contributed by atoms with Crippen LogP contribution in [0.25, 0.3) is 0 Å². The first-order chi connectivity index (χ1) is 38.4. The Labute approximate surface area is 568 Å². The van der Waals surface area contributed by atoms with Crippen molar-refractivity contribution in [2.45, 2.75) is 253 Å². The van der Waals surface area contributed by atoms with Gasteiger partial charge in [-0.2, -0.15) is 0 Å². The van der Waals surface area contributed by atoms with Crippen molar-refractivity contribution in [1.82, 2.24) is 24.9 Å². The number of nitrogens with zero attached hydrogens (tertiary/aromatic N) is 5. The molecule has 0 saturated carbocycles. The number of hydrogen-bond donors (Lipinski definition) is 4. The normalized spacial score (nSPS) is 28.8. The maximum Gasteiger partial charge on any atom is 1.00 e. The van der Waals surface area contributed by atoms with Gasteiger partial charge >= 0.3 is 29.6 Å². The summed E-state index contributed by atoms with van der Waals surface area (Å²) >= 11 is 0. The van der Waals surface area contributed by atoms with E-state index >= 15 is 0 Å². The topological polar surface area (TPSA) is 190 Å². The molecule has 0 bridgehead atoms. The monoisotopic (exact) mass is 1370 g/mol. The Kier molecular flexibility index (Phi) is 34.1. The molecule has 9 atom stereocenters. The van der Waals surface area contributed by atoms with Crippen molar-refractivity contribution in [1.29, 1.82) is 0 Å². The third-order valence-electron chi connectivity index (χ3n) is 18.2. The predicted molar refractivity (Wildman–Crippen MR) is 340 cm³/mol. The summed E-state index contributed by atoms with van der Waals surface area (Å²) in [6.07, 6.45) is 5.24. The van der Waals surface area contributed by atoms with Gasteiger partial charge in [0, 0.05) is 165 Å². The number of nitrogens with one attached hydrogen (secondary N) is 1. The molecule has 8 fully saturated rings. The fourth-order valence-electron chi connectivity index (χ4n) is 14.7. The second-order valence-electron chi connectivity index (χ2n) is 27.5. The Balaban J connectivity index is -0.00000106. The van der Waals surface area contributed by atoms with Crippen LogP contribution in [0.4, 0.5) is 35.1 Å². The molecule has 8 aliphatic rings. The van der Waals surface area contributed by atoms with Crippen LogP contribution in [0.5, 0.6) is 0 Å². The molecule has 8 heterocycles. The third kappa shape index (κ3) is 24.2. The van der Waals surface area contributed by atoms with Crippen molar-refractivity contribution in [3.05, 3.63) is 115 Å². The summed E-state index contributed by atoms with van der Waals surface area (Å²) in [5.41, 5.74) is 15.2. The Hall–Kier alpha value is -2.23. The van der Waals surface area contributed by atoms with E-state index in [1.807, 2.05) is 116 Å². The molecule has 3 radical (unpaired) electrons. The molecule has 3 aromatic rings. The molecule has 12 nitrogen and oxygen atoms in total. The fourth-order valence-corrected chi connectivity index (χ4v) is 14.7. The van der Waals surface area contributed by atoms with Crippen LogP contribution in [0.3, 0.4) is 0 Å².